The molecule has 5 nitrogen and oxygen atoms in total. The quantitative estimate of drug-likeness (QED) is 0.594. The molecule has 0 amide bonds. The third kappa shape index (κ3) is 3.45. The first-order valence-electron chi connectivity index (χ1n) is 11.8. The van der Waals surface area contributed by atoms with Crippen LogP contribution in [-0.4, -0.2) is 73.6 Å². The van der Waals surface area contributed by atoms with Gasteiger partial charge in [-0.05, 0) is 38.1 Å². The number of methoxy groups -OCH3 is 1. The summed E-state index contributed by atoms with van der Waals surface area (Å²) in [5, 5.41) is 10.3. The van der Waals surface area contributed by atoms with Crippen molar-refractivity contribution in [2.24, 2.45) is 0 Å². The summed E-state index contributed by atoms with van der Waals surface area (Å²) in [5.74, 6) is 1.74. The van der Waals surface area contributed by atoms with Crippen molar-refractivity contribution in [3.63, 3.8) is 0 Å². The van der Waals surface area contributed by atoms with Crippen molar-refractivity contribution in [1.82, 2.24) is 4.90 Å². The molecule has 3 aliphatic heterocycles. The lowest BCUT2D eigenvalue weighted by molar-refractivity contribution is -0.922. The number of hydrogen-bond acceptors (Lipinski definition) is 4. The molecular formula is C25H37N2O3+. The van der Waals surface area contributed by atoms with Crippen molar-refractivity contribution in [2.75, 3.05) is 46.9 Å². The van der Waals surface area contributed by atoms with E-state index < -0.39 is 6.10 Å². The van der Waals surface area contributed by atoms with Crippen molar-refractivity contribution in [2.45, 2.75) is 62.7 Å². The van der Waals surface area contributed by atoms with E-state index >= 15 is 0 Å². The molecule has 1 aromatic carbocycles. The van der Waals surface area contributed by atoms with Gasteiger partial charge in [-0.15, -0.1) is 0 Å². The molecule has 164 valence electrons. The van der Waals surface area contributed by atoms with Gasteiger partial charge in [0.05, 0.1) is 38.8 Å². The molecule has 4 aliphatic rings. The van der Waals surface area contributed by atoms with Gasteiger partial charge in [0, 0.05) is 36.9 Å². The smallest absolute Gasteiger partial charge is 0.166 e. The number of ether oxygens (including phenoxy) is 2. The minimum absolute atomic E-state index is 0.00227. The Morgan fingerprint density at radius 3 is 2.90 bits per heavy atom. The Bertz CT molecular complexity index is 819. The number of rotatable bonds is 5. The summed E-state index contributed by atoms with van der Waals surface area (Å²) in [7, 11) is 4.15. The lowest BCUT2D eigenvalue weighted by Crippen LogP contribution is -2.48. The maximum Gasteiger partial charge on any atom is 0.166 e. The second-order valence-electron chi connectivity index (χ2n) is 10.2. The third-order valence-electron chi connectivity index (χ3n) is 8.04. The maximum atomic E-state index is 10.3. The summed E-state index contributed by atoms with van der Waals surface area (Å²) in [6.45, 7) is 7.19. The molecule has 1 aliphatic carbocycles. The molecule has 1 aromatic rings. The summed E-state index contributed by atoms with van der Waals surface area (Å²) >= 11 is 0. The van der Waals surface area contributed by atoms with Gasteiger partial charge in [0.2, 0.25) is 0 Å². The third-order valence-corrected chi connectivity index (χ3v) is 8.04. The van der Waals surface area contributed by atoms with E-state index in [2.05, 4.69) is 30.2 Å². The summed E-state index contributed by atoms with van der Waals surface area (Å²) < 4.78 is 13.2. The van der Waals surface area contributed by atoms with Crippen LogP contribution in [0.15, 0.2) is 24.3 Å². The highest BCUT2D eigenvalue weighted by Gasteiger charge is 2.54. The Kier molecular flexibility index (Phi) is 5.32. The van der Waals surface area contributed by atoms with E-state index in [0.717, 1.165) is 35.5 Å². The van der Waals surface area contributed by atoms with Gasteiger partial charge in [0.15, 0.2) is 11.5 Å². The molecule has 0 bridgehead atoms. The number of aliphatic hydroxyl groups is 1. The molecule has 5 heteroatoms. The van der Waals surface area contributed by atoms with Crippen molar-refractivity contribution in [3.8, 4) is 11.5 Å². The van der Waals surface area contributed by atoms with E-state index in [1.165, 1.54) is 63.0 Å². The zero-order chi connectivity index (χ0) is 20.8. The molecule has 0 radical (unpaired) electrons. The topological polar surface area (TPSA) is 41.9 Å². The fourth-order valence-electron chi connectivity index (χ4n) is 6.33. The number of likely N-dealkylation sites (tertiary alicyclic amines) is 1. The average molecular weight is 414 g/mol. The van der Waals surface area contributed by atoms with E-state index in [4.69, 9.17) is 9.47 Å². The Balaban J connectivity index is 1.41. The van der Waals surface area contributed by atoms with Crippen LogP contribution in [0.3, 0.4) is 0 Å². The molecule has 0 aromatic heterocycles. The van der Waals surface area contributed by atoms with Crippen LogP contribution in [0.5, 0.6) is 11.5 Å². The largest absolute Gasteiger partial charge is 0.493 e. The van der Waals surface area contributed by atoms with Crippen LogP contribution in [0.25, 0.3) is 0 Å². The van der Waals surface area contributed by atoms with Gasteiger partial charge < -0.3 is 24.0 Å². The van der Waals surface area contributed by atoms with Gasteiger partial charge in [-0.1, -0.05) is 18.6 Å². The van der Waals surface area contributed by atoms with Gasteiger partial charge in [-0.2, -0.15) is 0 Å². The lowest BCUT2D eigenvalue weighted by atomic mass is 9.69. The predicted molar refractivity (Wildman–Crippen MR) is 118 cm³/mol. The predicted octanol–water partition coefficient (Wildman–Crippen LogP) is 3.24. The molecule has 1 spiro atoms. The SMILES string of the molecule is COc1ccc2c3c1O[C@H]1C[C@@H](O)C=C[C@@]31CC[N+](C)(CCCN1CCCCC1)C2. The Morgan fingerprint density at radius 2 is 2.10 bits per heavy atom. The van der Waals surface area contributed by atoms with Crippen LogP contribution in [0.1, 0.15) is 49.7 Å². The van der Waals surface area contributed by atoms with Crippen LogP contribution >= 0.6 is 0 Å². The highest BCUT2D eigenvalue weighted by Crippen LogP contribution is 2.56. The first kappa shape index (κ1) is 20.3. The fourth-order valence-corrected chi connectivity index (χ4v) is 6.33. The fraction of sp³-hybridized carbons (Fsp3) is 0.680. The van der Waals surface area contributed by atoms with Crippen molar-refractivity contribution >= 4 is 0 Å². The minimum atomic E-state index is -0.418. The van der Waals surface area contributed by atoms with Crippen LogP contribution in [-0.2, 0) is 12.0 Å². The second kappa shape index (κ2) is 7.85. The number of quaternary nitrogens is 1. The van der Waals surface area contributed by atoms with Gasteiger partial charge in [0.1, 0.15) is 12.6 Å². The number of hydrogen-bond donors (Lipinski definition) is 1. The van der Waals surface area contributed by atoms with Crippen LogP contribution in [0, 0.1) is 0 Å². The molecule has 3 heterocycles. The van der Waals surface area contributed by atoms with Crippen molar-refractivity contribution in [3.05, 3.63) is 35.4 Å². The molecule has 4 atom stereocenters. The highest BCUT2D eigenvalue weighted by atomic mass is 16.5. The molecule has 1 N–H and O–H groups in total. The molecule has 1 saturated heterocycles. The number of nitrogens with zero attached hydrogens (tertiary/aromatic N) is 2. The van der Waals surface area contributed by atoms with Crippen LogP contribution < -0.4 is 9.47 Å². The van der Waals surface area contributed by atoms with E-state index in [9.17, 15) is 5.11 Å². The van der Waals surface area contributed by atoms with Crippen LogP contribution in [0.2, 0.25) is 0 Å². The number of aliphatic hydroxyl groups excluding tert-OH is 1. The summed E-state index contributed by atoms with van der Waals surface area (Å²) in [4.78, 5) is 2.66. The Hall–Kier alpha value is -1.56. The standard InChI is InChI=1S/C25H37N2O3/c1-27(15-6-14-26-12-4-3-5-13-26)16-11-25-10-9-20(28)17-22(25)30-24-21(29-2)8-7-19(18-27)23(24)25/h7-10,20,22,28H,3-6,11-18H2,1-2H3/q+1/t20-,22-,25-,27?/m0/s1. The Labute approximate surface area is 180 Å². The molecule has 0 saturated carbocycles. The van der Waals surface area contributed by atoms with Gasteiger partial charge in [-0.25, -0.2) is 0 Å². The lowest BCUT2D eigenvalue weighted by Gasteiger charge is -2.38. The zero-order valence-corrected chi connectivity index (χ0v) is 18.6. The van der Waals surface area contributed by atoms with Gasteiger partial charge in [0.25, 0.3) is 0 Å². The average Bonchev–Trinajstić information content (AvgIpc) is 3.02. The number of benzene rings is 1. The zero-order valence-electron chi connectivity index (χ0n) is 18.6. The molecule has 30 heavy (non-hydrogen) atoms. The van der Waals surface area contributed by atoms with E-state index in [1.54, 1.807) is 7.11 Å². The summed E-state index contributed by atoms with van der Waals surface area (Å²) in [6, 6.07) is 4.33. The van der Waals surface area contributed by atoms with Crippen molar-refractivity contribution < 1.29 is 19.1 Å². The first-order valence-corrected chi connectivity index (χ1v) is 11.8. The molecule has 5 rings (SSSR count). The van der Waals surface area contributed by atoms with Gasteiger partial charge >= 0.3 is 0 Å². The molecular weight excluding hydrogens is 376 g/mol. The van der Waals surface area contributed by atoms with Crippen LogP contribution in [0.4, 0.5) is 0 Å². The normalized spacial score (nSPS) is 35.3. The highest BCUT2D eigenvalue weighted by molar-refractivity contribution is 5.60. The summed E-state index contributed by atoms with van der Waals surface area (Å²) in [6.07, 6.45) is 10.9. The Morgan fingerprint density at radius 1 is 1.27 bits per heavy atom. The van der Waals surface area contributed by atoms with E-state index in [0.29, 0.717) is 6.42 Å². The van der Waals surface area contributed by atoms with Crippen molar-refractivity contribution in [1.29, 1.82) is 0 Å². The van der Waals surface area contributed by atoms with Gasteiger partial charge in [-0.3, -0.25) is 0 Å². The monoisotopic (exact) mass is 413 g/mol. The maximum absolute atomic E-state index is 10.3. The molecule has 1 fully saturated rings. The van der Waals surface area contributed by atoms with E-state index in [-0.39, 0.29) is 11.5 Å². The summed E-state index contributed by atoms with van der Waals surface area (Å²) in [5.41, 5.74) is 2.60. The second-order valence-corrected chi connectivity index (χ2v) is 10.2. The minimum Gasteiger partial charge on any atom is -0.493 e. The molecule has 1 unspecified atom stereocenters. The first-order chi connectivity index (χ1) is 14.5. The van der Waals surface area contributed by atoms with E-state index in [1.807, 2.05) is 6.08 Å². The number of piperidine rings is 1.